The van der Waals surface area contributed by atoms with Gasteiger partial charge >= 0.3 is 0 Å². The van der Waals surface area contributed by atoms with Crippen molar-refractivity contribution in [3.8, 4) is 11.5 Å². The largest absolute Gasteiger partial charge is 0.495 e. The first kappa shape index (κ1) is 13.4. The lowest BCUT2D eigenvalue weighted by atomic mass is 10.2. The number of nitrogen functional groups attached to an aromatic ring is 1. The highest BCUT2D eigenvalue weighted by molar-refractivity contribution is 6.31. The van der Waals surface area contributed by atoms with Crippen molar-refractivity contribution in [1.82, 2.24) is 0 Å². The maximum Gasteiger partial charge on any atom is 0.143 e. The van der Waals surface area contributed by atoms with Gasteiger partial charge in [-0.3, -0.25) is 0 Å². The van der Waals surface area contributed by atoms with Crippen LogP contribution in [0.1, 0.15) is 0 Å². The lowest BCUT2D eigenvalue weighted by Crippen LogP contribution is -1.97. The maximum absolute atomic E-state index is 5.98. The average Bonchev–Trinajstić information content (AvgIpc) is 2.41. The molecule has 0 amide bonds. The van der Waals surface area contributed by atoms with Gasteiger partial charge in [0.25, 0.3) is 0 Å². The van der Waals surface area contributed by atoms with Crippen LogP contribution in [0.2, 0.25) is 5.02 Å². The Balaban J connectivity index is 2.33. The predicted molar refractivity (Wildman–Crippen MR) is 78.7 cm³/mol. The molecule has 100 valence electrons. The van der Waals surface area contributed by atoms with E-state index in [1.807, 2.05) is 12.1 Å². The lowest BCUT2D eigenvalue weighted by molar-refractivity contribution is 0.416. The molecule has 0 atom stereocenters. The molecule has 0 saturated heterocycles. The van der Waals surface area contributed by atoms with Gasteiger partial charge in [-0.15, -0.1) is 0 Å². The van der Waals surface area contributed by atoms with Crippen molar-refractivity contribution in [2.75, 3.05) is 25.3 Å². The van der Waals surface area contributed by atoms with E-state index in [0.717, 1.165) is 11.4 Å². The molecule has 2 aromatic rings. The minimum absolute atomic E-state index is 0.589. The third-order valence-corrected chi connectivity index (χ3v) is 2.91. The summed E-state index contributed by atoms with van der Waals surface area (Å²) in [5.74, 6) is 1.33. The fourth-order valence-electron chi connectivity index (χ4n) is 1.72. The predicted octanol–water partition coefficient (Wildman–Crippen LogP) is 3.68. The number of rotatable bonds is 4. The number of nitrogens with one attached hydrogen (secondary N) is 1. The zero-order chi connectivity index (χ0) is 13.8. The van der Waals surface area contributed by atoms with Crippen molar-refractivity contribution in [2.24, 2.45) is 0 Å². The fourth-order valence-corrected chi connectivity index (χ4v) is 1.89. The number of benzene rings is 2. The Labute approximate surface area is 117 Å². The van der Waals surface area contributed by atoms with E-state index in [1.165, 1.54) is 0 Å². The Morgan fingerprint density at radius 2 is 1.74 bits per heavy atom. The number of methoxy groups -OCH3 is 2. The second-order valence-corrected chi connectivity index (χ2v) is 4.36. The molecule has 0 aliphatic rings. The van der Waals surface area contributed by atoms with Crippen molar-refractivity contribution in [1.29, 1.82) is 0 Å². The van der Waals surface area contributed by atoms with Crippen LogP contribution in [0.3, 0.4) is 0 Å². The van der Waals surface area contributed by atoms with E-state index in [0.29, 0.717) is 22.2 Å². The molecule has 0 spiro atoms. The lowest BCUT2D eigenvalue weighted by Gasteiger charge is -2.13. The van der Waals surface area contributed by atoms with E-state index in [9.17, 15) is 0 Å². The van der Waals surface area contributed by atoms with Crippen molar-refractivity contribution >= 4 is 28.7 Å². The van der Waals surface area contributed by atoms with Crippen LogP contribution in [0.15, 0.2) is 36.4 Å². The Hall–Kier alpha value is -2.07. The summed E-state index contributed by atoms with van der Waals surface area (Å²) in [5, 5.41) is 3.85. The maximum atomic E-state index is 5.98. The van der Waals surface area contributed by atoms with E-state index >= 15 is 0 Å². The zero-order valence-electron chi connectivity index (χ0n) is 10.7. The molecular formula is C14H15ClN2O2. The smallest absolute Gasteiger partial charge is 0.143 e. The van der Waals surface area contributed by atoms with Crippen LogP contribution in [-0.4, -0.2) is 14.2 Å². The SMILES string of the molecule is COc1cc(Nc2cc(Cl)ccc2OC)ccc1N. The quantitative estimate of drug-likeness (QED) is 0.838. The summed E-state index contributed by atoms with van der Waals surface area (Å²) in [6.07, 6.45) is 0. The zero-order valence-corrected chi connectivity index (χ0v) is 11.5. The Kier molecular flexibility index (Phi) is 4.02. The summed E-state index contributed by atoms with van der Waals surface area (Å²) < 4.78 is 10.5. The number of anilines is 3. The molecule has 0 aromatic heterocycles. The third kappa shape index (κ3) is 3.03. The normalized spacial score (nSPS) is 10.1. The number of hydrogen-bond donors (Lipinski definition) is 2. The van der Waals surface area contributed by atoms with Crippen LogP contribution in [0, 0.1) is 0 Å². The molecular weight excluding hydrogens is 264 g/mol. The molecule has 3 N–H and O–H groups in total. The number of halogens is 1. The van der Waals surface area contributed by atoms with E-state index in [-0.39, 0.29) is 0 Å². The monoisotopic (exact) mass is 278 g/mol. The van der Waals surface area contributed by atoms with Gasteiger partial charge in [0.2, 0.25) is 0 Å². The molecule has 0 saturated carbocycles. The number of hydrogen-bond acceptors (Lipinski definition) is 4. The van der Waals surface area contributed by atoms with Crippen molar-refractivity contribution in [3.05, 3.63) is 41.4 Å². The molecule has 0 bridgehead atoms. The number of nitrogens with two attached hydrogens (primary N) is 1. The van der Waals surface area contributed by atoms with Crippen molar-refractivity contribution in [3.63, 3.8) is 0 Å². The molecule has 0 radical (unpaired) electrons. The van der Waals surface area contributed by atoms with Gasteiger partial charge in [0.15, 0.2) is 0 Å². The fraction of sp³-hybridized carbons (Fsp3) is 0.143. The highest BCUT2D eigenvalue weighted by atomic mass is 35.5. The van der Waals surface area contributed by atoms with Crippen molar-refractivity contribution < 1.29 is 9.47 Å². The number of ether oxygens (including phenoxy) is 2. The first-order valence-corrected chi connectivity index (χ1v) is 6.06. The second-order valence-electron chi connectivity index (χ2n) is 3.93. The molecule has 0 unspecified atom stereocenters. The molecule has 0 aliphatic heterocycles. The van der Waals surface area contributed by atoms with Gasteiger partial charge < -0.3 is 20.5 Å². The van der Waals surface area contributed by atoms with Crippen molar-refractivity contribution in [2.45, 2.75) is 0 Å². The standard InChI is InChI=1S/C14H15ClN2O2/c1-18-13-6-3-9(15)7-12(13)17-10-4-5-11(16)14(8-10)19-2/h3-8,17H,16H2,1-2H3. The molecule has 0 heterocycles. The van der Waals surface area contributed by atoms with Gasteiger partial charge in [-0.1, -0.05) is 11.6 Å². The summed E-state index contributed by atoms with van der Waals surface area (Å²) >= 11 is 5.98. The molecule has 0 aliphatic carbocycles. The van der Waals surface area contributed by atoms with Gasteiger partial charge in [-0.2, -0.15) is 0 Å². The first-order valence-electron chi connectivity index (χ1n) is 5.68. The summed E-state index contributed by atoms with van der Waals surface area (Å²) in [5.41, 5.74) is 7.98. The summed E-state index contributed by atoms with van der Waals surface area (Å²) in [6.45, 7) is 0. The van der Waals surface area contributed by atoms with Crippen LogP contribution in [0.25, 0.3) is 0 Å². The summed E-state index contributed by atoms with van der Waals surface area (Å²) in [6, 6.07) is 10.8. The molecule has 5 heteroatoms. The Morgan fingerprint density at radius 1 is 1.00 bits per heavy atom. The highest BCUT2D eigenvalue weighted by Gasteiger charge is 2.06. The van der Waals surface area contributed by atoms with Gasteiger partial charge in [0, 0.05) is 16.8 Å². The van der Waals surface area contributed by atoms with Crippen LogP contribution in [0.5, 0.6) is 11.5 Å². The average molecular weight is 279 g/mol. The molecule has 2 rings (SSSR count). The van der Waals surface area contributed by atoms with E-state index in [2.05, 4.69) is 5.32 Å². The third-order valence-electron chi connectivity index (χ3n) is 2.67. The minimum atomic E-state index is 0.589. The highest BCUT2D eigenvalue weighted by Crippen LogP contribution is 2.32. The second kappa shape index (κ2) is 5.71. The van der Waals surface area contributed by atoms with Gasteiger partial charge in [-0.25, -0.2) is 0 Å². The first-order chi connectivity index (χ1) is 9.13. The Morgan fingerprint density at radius 3 is 2.42 bits per heavy atom. The minimum Gasteiger partial charge on any atom is -0.495 e. The van der Waals surface area contributed by atoms with E-state index in [1.54, 1.807) is 38.5 Å². The molecule has 19 heavy (non-hydrogen) atoms. The van der Waals surface area contributed by atoms with Crippen LogP contribution < -0.4 is 20.5 Å². The Bertz CT molecular complexity index is 588. The van der Waals surface area contributed by atoms with Gasteiger partial charge in [0.05, 0.1) is 25.6 Å². The summed E-state index contributed by atoms with van der Waals surface area (Å²) in [7, 11) is 3.19. The van der Waals surface area contributed by atoms with Crippen LogP contribution in [0.4, 0.5) is 17.1 Å². The van der Waals surface area contributed by atoms with E-state index < -0.39 is 0 Å². The van der Waals surface area contributed by atoms with Crippen LogP contribution in [-0.2, 0) is 0 Å². The van der Waals surface area contributed by atoms with Crippen LogP contribution >= 0.6 is 11.6 Å². The van der Waals surface area contributed by atoms with E-state index in [4.69, 9.17) is 26.8 Å². The van der Waals surface area contributed by atoms with Gasteiger partial charge in [0.1, 0.15) is 11.5 Å². The van der Waals surface area contributed by atoms with Gasteiger partial charge in [-0.05, 0) is 30.3 Å². The molecule has 0 fully saturated rings. The molecule has 2 aromatic carbocycles. The summed E-state index contributed by atoms with van der Waals surface area (Å²) in [4.78, 5) is 0. The molecule has 4 nitrogen and oxygen atoms in total. The topological polar surface area (TPSA) is 56.5 Å².